The highest BCUT2D eigenvalue weighted by Gasteiger charge is 2.09. The van der Waals surface area contributed by atoms with E-state index < -0.39 is 0 Å². The van der Waals surface area contributed by atoms with Crippen LogP contribution in [-0.4, -0.2) is 23.5 Å². The van der Waals surface area contributed by atoms with E-state index in [1.807, 2.05) is 0 Å². The van der Waals surface area contributed by atoms with Gasteiger partial charge in [-0.15, -0.1) is 0 Å². The van der Waals surface area contributed by atoms with Crippen molar-refractivity contribution in [2.75, 3.05) is 13.6 Å². The Bertz CT molecular complexity index is 407. The van der Waals surface area contributed by atoms with Crippen molar-refractivity contribution >= 4 is 17.2 Å². The van der Waals surface area contributed by atoms with Gasteiger partial charge in [-0.05, 0) is 37.7 Å². The van der Waals surface area contributed by atoms with Crippen LogP contribution in [0.15, 0.2) is 18.2 Å². The molecule has 0 saturated carbocycles. The number of thiocarbonyl (C=S) groups is 1. The molecule has 0 aromatic heterocycles. The van der Waals surface area contributed by atoms with Crippen LogP contribution in [0.1, 0.15) is 37.3 Å². The van der Waals surface area contributed by atoms with Gasteiger partial charge in [-0.2, -0.15) is 0 Å². The van der Waals surface area contributed by atoms with Crippen molar-refractivity contribution in [2.24, 2.45) is 5.73 Å². The highest BCUT2D eigenvalue weighted by atomic mass is 32.1. The van der Waals surface area contributed by atoms with E-state index in [1.165, 1.54) is 31.4 Å². The highest BCUT2D eigenvalue weighted by molar-refractivity contribution is 7.80. The van der Waals surface area contributed by atoms with E-state index in [2.05, 4.69) is 18.9 Å². The van der Waals surface area contributed by atoms with E-state index in [0.717, 1.165) is 18.7 Å². The number of nitrogens with two attached hydrogens (primary N) is 1. The molecule has 0 aliphatic carbocycles. The first-order chi connectivity index (χ1) is 8.54. The third-order valence-corrected chi connectivity index (χ3v) is 3.14. The van der Waals surface area contributed by atoms with Crippen molar-refractivity contribution in [3.63, 3.8) is 0 Å². The smallest absolute Gasteiger partial charge is 0.123 e. The van der Waals surface area contributed by atoms with Gasteiger partial charge in [-0.3, -0.25) is 0 Å². The Morgan fingerprint density at radius 3 is 2.72 bits per heavy atom. The molecule has 100 valence electrons. The number of nitrogens with zero attached hydrogens (tertiary/aromatic N) is 1. The molecule has 2 nitrogen and oxygen atoms in total. The fourth-order valence-corrected chi connectivity index (χ4v) is 2.11. The largest absolute Gasteiger partial charge is 0.389 e. The predicted octanol–water partition coefficient (Wildman–Crippen LogP) is 3.08. The SMILES string of the molecule is CCCCCN(C)Cc1ccc(F)cc1C(N)=S. The molecule has 1 aromatic rings. The Labute approximate surface area is 114 Å². The molecule has 0 unspecified atom stereocenters. The van der Waals surface area contributed by atoms with Gasteiger partial charge in [0.15, 0.2) is 0 Å². The van der Waals surface area contributed by atoms with E-state index in [0.29, 0.717) is 5.56 Å². The summed E-state index contributed by atoms with van der Waals surface area (Å²) in [4.78, 5) is 2.47. The molecule has 4 heteroatoms. The minimum Gasteiger partial charge on any atom is -0.389 e. The second kappa shape index (κ2) is 7.44. The molecule has 1 aromatic carbocycles. The van der Waals surface area contributed by atoms with Crippen LogP contribution in [0.3, 0.4) is 0 Å². The third-order valence-electron chi connectivity index (χ3n) is 2.92. The fourth-order valence-electron chi connectivity index (χ4n) is 1.92. The maximum atomic E-state index is 13.2. The van der Waals surface area contributed by atoms with Gasteiger partial charge in [-0.25, -0.2) is 4.39 Å². The molecule has 0 fully saturated rings. The molecule has 0 aliphatic heterocycles. The van der Waals surface area contributed by atoms with Crippen LogP contribution in [0, 0.1) is 5.82 Å². The summed E-state index contributed by atoms with van der Waals surface area (Å²) in [6.45, 7) is 3.96. The molecule has 0 radical (unpaired) electrons. The monoisotopic (exact) mass is 268 g/mol. The maximum Gasteiger partial charge on any atom is 0.123 e. The molecule has 0 aliphatic rings. The summed E-state index contributed by atoms with van der Waals surface area (Å²) in [6, 6.07) is 4.63. The van der Waals surface area contributed by atoms with Crippen molar-refractivity contribution in [3.05, 3.63) is 35.1 Å². The zero-order chi connectivity index (χ0) is 13.5. The summed E-state index contributed by atoms with van der Waals surface area (Å²) in [6.07, 6.45) is 3.62. The van der Waals surface area contributed by atoms with E-state index in [9.17, 15) is 4.39 Å². The van der Waals surface area contributed by atoms with Gasteiger partial charge < -0.3 is 10.6 Å². The minimum absolute atomic E-state index is 0.256. The lowest BCUT2D eigenvalue weighted by Crippen LogP contribution is -2.22. The number of benzene rings is 1. The summed E-state index contributed by atoms with van der Waals surface area (Å²) >= 11 is 4.96. The molecule has 1 rings (SSSR count). The molecule has 0 amide bonds. The molecule has 0 bridgehead atoms. The van der Waals surface area contributed by atoms with Gasteiger partial charge in [-0.1, -0.05) is 38.0 Å². The first-order valence-corrected chi connectivity index (χ1v) is 6.72. The average Bonchev–Trinajstić information content (AvgIpc) is 2.31. The van der Waals surface area contributed by atoms with Crippen molar-refractivity contribution in [1.82, 2.24) is 4.90 Å². The molecule has 2 N–H and O–H groups in total. The van der Waals surface area contributed by atoms with Crippen molar-refractivity contribution in [1.29, 1.82) is 0 Å². The number of rotatable bonds is 7. The number of halogens is 1. The van der Waals surface area contributed by atoms with Gasteiger partial charge in [0.05, 0.1) is 0 Å². The van der Waals surface area contributed by atoms with Gasteiger partial charge in [0.1, 0.15) is 10.8 Å². The fraction of sp³-hybridized carbons (Fsp3) is 0.500. The lowest BCUT2D eigenvalue weighted by molar-refractivity contribution is 0.318. The van der Waals surface area contributed by atoms with Crippen LogP contribution in [0.5, 0.6) is 0 Å². The van der Waals surface area contributed by atoms with E-state index >= 15 is 0 Å². The zero-order valence-corrected chi connectivity index (χ0v) is 11.9. The molecule has 0 atom stereocenters. The minimum atomic E-state index is -0.296. The maximum absolute atomic E-state index is 13.2. The Hall–Kier alpha value is -1.00. The van der Waals surface area contributed by atoms with Crippen LogP contribution in [-0.2, 0) is 6.54 Å². The Balaban J connectivity index is 2.68. The number of unbranched alkanes of at least 4 members (excludes halogenated alkanes) is 2. The summed E-state index contributed by atoms with van der Waals surface area (Å²) in [5.74, 6) is -0.296. The molecule has 0 heterocycles. The number of hydrogen-bond acceptors (Lipinski definition) is 2. The standard InChI is InChI=1S/C14H21FN2S/c1-3-4-5-8-17(2)10-11-6-7-12(15)9-13(11)14(16)18/h6-7,9H,3-5,8,10H2,1-2H3,(H2,16,18). The van der Waals surface area contributed by atoms with Crippen molar-refractivity contribution < 1.29 is 4.39 Å². The molecular formula is C14H21FN2S. The first-order valence-electron chi connectivity index (χ1n) is 6.31. The van der Waals surface area contributed by atoms with E-state index in [4.69, 9.17) is 18.0 Å². The average molecular weight is 268 g/mol. The summed E-state index contributed by atoms with van der Waals surface area (Å²) < 4.78 is 13.2. The molecule has 0 saturated heterocycles. The van der Waals surface area contributed by atoms with Crippen LogP contribution in [0.25, 0.3) is 0 Å². The quantitative estimate of drug-likeness (QED) is 0.608. The normalized spacial score (nSPS) is 10.9. The Kier molecular flexibility index (Phi) is 6.22. The Morgan fingerprint density at radius 1 is 1.39 bits per heavy atom. The van der Waals surface area contributed by atoms with Crippen LogP contribution in [0.4, 0.5) is 4.39 Å². The van der Waals surface area contributed by atoms with Crippen LogP contribution >= 0.6 is 12.2 Å². The van der Waals surface area contributed by atoms with Gasteiger partial charge in [0.25, 0.3) is 0 Å². The second-order valence-electron chi connectivity index (χ2n) is 4.61. The van der Waals surface area contributed by atoms with Crippen molar-refractivity contribution in [3.8, 4) is 0 Å². The van der Waals surface area contributed by atoms with Crippen LogP contribution in [0.2, 0.25) is 0 Å². The van der Waals surface area contributed by atoms with E-state index in [-0.39, 0.29) is 10.8 Å². The van der Waals surface area contributed by atoms with Crippen molar-refractivity contribution in [2.45, 2.75) is 32.7 Å². The number of hydrogen-bond donors (Lipinski definition) is 1. The van der Waals surface area contributed by atoms with Gasteiger partial charge >= 0.3 is 0 Å². The molecule has 18 heavy (non-hydrogen) atoms. The lowest BCUT2D eigenvalue weighted by atomic mass is 10.1. The lowest BCUT2D eigenvalue weighted by Gasteiger charge is -2.18. The summed E-state index contributed by atoms with van der Waals surface area (Å²) in [5.41, 5.74) is 7.26. The van der Waals surface area contributed by atoms with E-state index in [1.54, 1.807) is 6.07 Å². The predicted molar refractivity (Wildman–Crippen MR) is 78.1 cm³/mol. The van der Waals surface area contributed by atoms with Gasteiger partial charge in [0.2, 0.25) is 0 Å². The molecule has 0 spiro atoms. The topological polar surface area (TPSA) is 29.3 Å². The summed E-state index contributed by atoms with van der Waals surface area (Å²) in [7, 11) is 2.06. The van der Waals surface area contributed by atoms with Crippen LogP contribution < -0.4 is 5.73 Å². The van der Waals surface area contributed by atoms with Gasteiger partial charge in [0, 0.05) is 12.1 Å². The summed E-state index contributed by atoms with van der Waals surface area (Å²) in [5, 5.41) is 0. The zero-order valence-electron chi connectivity index (χ0n) is 11.1. The second-order valence-corrected chi connectivity index (χ2v) is 5.05. The third kappa shape index (κ3) is 4.70. The Morgan fingerprint density at radius 2 is 2.11 bits per heavy atom. The highest BCUT2D eigenvalue weighted by Crippen LogP contribution is 2.14. The molecular weight excluding hydrogens is 247 g/mol. The first kappa shape index (κ1) is 15.1.